The maximum Gasteiger partial charge on any atom is 0.223 e. The zero-order chi connectivity index (χ0) is 20.1. The molecule has 150 valence electrons. The Labute approximate surface area is 171 Å². The Bertz CT molecular complexity index is 954. The molecule has 3 aromatic rings. The average Bonchev–Trinajstić information content (AvgIpc) is 3.28. The summed E-state index contributed by atoms with van der Waals surface area (Å²) in [5.74, 6) is 1.83. The van der Waals surface area contributed by atoms with E-state index < -0.39 is 0 Å². The van der Waals surface area contributed by atoms with Crippen LogP contribution in [0.15, 0.2) is 60.9 Å². The van der Waals surface area contributed by atoms with Gasteiger partial charge in [0.2, 0.25) is 5.91 Å². The molecule has 1 aromatic heterocycles. The van der Waals surface area contributed by atoms with Crippen molar-refractivity contribution in [3.8, 4) is 11.4 Å². The lowest BCUT2D eigenvalue weighted by Crippen LogP contribution is -2.39. The fourth-order valence-electron chi connectivity index (χ4n) is 3.98. The highest BCUT2D eigenvalue weighted by Crippen LogP contribution is 2.31. The Hall–Kier alpha value is -3.15. The first-order valence-electron chi connectivity index (χ1n) is 10.1. The van der Waals surface area contributed by atoms with Crippen molar-refractivity contribution >= 4 is 5.91 Å². The summed E-state index contributed by atoms with van der Waals surface area (Å²) < 4.78 is 7.28. The van der Waals surface area contributed by atoms with Crippen molar-refractivity contribution in [1.29, 1.82) is 0 Å². The largest absolute Gasteiger partial charge is 0.497 e. The summed E-state index contributed by atoms with van der Waals surface area (Å²) in [7, 11) is 1.66. The van der Waals surface area contributed by atoms with Crippen LogP contribution in [0.3, 0.4) is 0 Å². The fourth-order valence-corrected chi connectivity index (χ4v) is 3.98. The average molecular weight is 390 g/mol. The number of methoxy groups -OCH3 is 1. The molecular weight excluding hydrogens is 364 g/mol. The van der Waals surface area contributed by atoms with E-state index in [-0.39, 0.29) is 11.9 Å². The molecule has 1 fully saturated rings. The number of hydrogen-bond donors (Lipinski definition) is 0. The van der Waals surface area contributed by atoms with Gasteiger partial charge in [-0.2, -0.15) is 0 Å². The number of carbonyl (C=O) groups excluding carboxylic acids is 1. The minimum absolute atomic E-state index is 0.0377. The third-order valence-corrected chi connectivity index (χ3v) is 5.49. The number of hydrogen-bond acceptors (Lipinski definition) is 4. The number of benzene rings is 2. The van der Waals surface area contributed by atoms with E-state index in [1.54, 1.807) is 13.4 Å². The van der Waals surface area contributed by atoms with Gasteiger partial charge in [-0.05, 0) is 55.5 Å². The minimum atomic E-state index is -0.0377. The number of amides is 1. The van der Waals surface area contributed by atoms with E-state index >= 15 is 0 Å². The molecule has 0 saturated carbocycles. The Balaban J connectivity index is 1.51. The molecule has 2 aromatic carbocycles. The zero-order valence-corrected chi connectivity index (χ0v) is 16.7. The van der Waals surface area contributed by atoms with Crippen LogP contribution in [0.4, 0.5) is 0 Å². The molecule has 1 atom stereocenters. The molecule has 0 spiro atoms. The molecule has 2 heterocycles. The Morgan fingerprint density at radius 2 is 2.00 bits per heavy atom. The minimum Gasteiger partial charge on any atom is -0.497 e. The predicted octanol–water partition coefficient (Wildman–Crippen LogP) is 3.96. The Kier molecular flexibility index (Phi) is 5.89. The van der Waals surface area contributed by atoms with Crippen LogP contribution in [0.1, 0.15) is 43.1 Å². The van der Waals surface area contributed by atoms with Crippen LogP contribution in [-0.4, -0.2) is 39.2 Å². The number of ether oxygens (including phenoxy) is 1. The fraction of sp³-hybridized carbons (Fsp3) is 0.348. The van der Waals surface area contributed by atoms with Crippen LogP contribution in [0.25, 0.3) is 5.69 Å². The van der Waals surface area contributed by atoms with Gasteiger partial charge in [-0.15, -0.1) is 10.2 Å². The molecular formula is C23H26N4O2. The molecule has 0 bridgehead atoms. The van der Waals surface area contributed by atoms with Gasteiger partial charge in [0.15, 0.2) is 5.82 Å². The first-order valence-corrected chi connectivity index (χ1v) is 10.1. The maximum absolute atomic E-state index is 13.1. The van der Waals surface area contributed by atoms with E-state index in [2.05, 4.69) is 10.2 Å². The summed E-state index contributed by atoms with van der Waals surface area (Å²) in [6.07, 6.45) is 5.94. The number of aryl methyl sites for hydroxylation is 1. The van der Waals surface area contributed by atoms with E-state index in [0.717, 1.165) is 48.6 Å². The highest BCUT2D eigenvalue weighted by atomic mass is 16.5. The van der Waals surface area contributed by atoms with Gasteiger partial charge in [0, 0.05) is 18.7 Å². The van der Waals surface area contributed by atoms with Crippen LogP contribution in [0.2, 0.25) is 0 Å². The highest BCUT2D eigenvalue weighted by Gasteiger charge is 2.31. The molecule has 1 aliphatic rings. The Morgan fingerprint density at radius 3 is 2.83 bits per heavy atom. The van der Waals surface area contributed by atoms with Gasteiger partial charge in [-0.1, -0.05) is 30.3 Å². The molecule has 6 heteroatoms. The summed E-state index contributed by atoms with van der Waals surface area (Å²) in [6, 6.07) is 17.9. The lowest BCUT2D eigenvalue weighted by molar-refractivity contribution is -0.135. The van der Waals surface area contributed by atoms with E-state index in [4.69, 9.17) is 4.74 Å². The number of aromatic nitrogens is 3. The van der Waals surface area contributed by atoms with Crippen molar-refractivity contribution in [2.24, 2.45) is 0 Å². The molecule has 1 saturated heterocycles. The van der Waals surface area contributed by atoms with Gasteiger partial charge in [-0.25, -0.2) is 0 Å². The van der Waals surface area contributed by atoms with Crippen molar-refractivity contribution in [3.05, 3.63) is 72.3 Å². The van der Waals surface area contributed by atoms with E-state index in [0.29, 0.717) is 12.8 Å². The maximum atomic E-state index is 13.1. The summed E-state index contributed by atoms with van der Waals surface area (Å²) in [4.78, 5) is 15.1. The molecule has 29 heavy (non-hydrogen) atoms. The molecule has 4 rings (SSSR count). The molecule has 6 nitrogen and oxygen atoms in total. The number of para-hydroxylation sites is 1. The number of carbonyl (C=O) groups is 1. The normalized spacial score (nSPS) is 16.6. The van der Waals surface area contributed by atoms with Crippen molar-refractivity contribution in [2.75, 3.05) is 13.7 Å². The Morgan fingerprint density at radius 1 is 1.14 bits per heavy atom. The molecule has 0 radical (unpaired) electrons. The van der Waals surface area contributed by atoms with Crippen LogP contribution in [-0.2, 0) is 11.2 Å². The van der Waals surface area contributed by atoms with Gasteiger partial charge in [0.25, 0.3) is 0 Å². The second-order valence-electron chi connectivity index (χ2n) is 7.34. The van der Waals surface area contributed by atoms with Gasteiger partial charge in [0.05, 0.1) is 13.2 Å². The second-order valence-corrected chi connectivity index (χ2v) is 7.34. The third kappa shape index (κ3) is 4.31. The van der Waals surface area contributed by atoms with Gasteiger partial charge >= 0.3 is 0 Å². The topological polar surface area (TPSA) is 60.2 Å². The summed E-state index contributed by atoms with van der Waals surface area (Å²) >= 11 is 0. The van der Waals surface area contributed by atoms with Crippen molar-refractivity contribution in [2.45, 2.75) is 38.1 Å². The van der Waals surface area contributed by atoms with Gasteiger partial charge < -0.3 is 9.64 Å². The van der Waals surface area contributed by atoms with Crippen molar-refractivity contribution in [1.82, 2.24) is 19.7 Å². The summed E-state index contributed by atoms with van der Waals surface area (Å²) in [6.45, 7) is 0.767. The molecule has 1 amide bonds. The SMILES string of the molecule is COc1cccc(CCC(=O)N2CCCCC2c2nncn2-c2ccccc2)c1. The number of piperidine rings is 1. The molecule has 0 aliphatic carbocycles. The smallest absolute Gasteiger partial charge is 0.223 e. The number of rotatable bonds is 6. The highest BCUT2D eigenvalue weighted by molar-refractivity contribution is 5.77. The van der Waals surface area contributed by atoms with Crippen molar-refractivity contribution < 1.29 is 9.53 Å². The summed E-state index contributed by atoms with van der Waals surface area (Å²) in [5, 5.41) is 8.53. The van der Waals surface area contributed by atoms with Crippen molar-refractivity contribution in [3.63, 3.8) is 0 Å². The first kappa shape index (κ1) is 19.2. The number of nitrogens with zero attached hydrogens (tertiary/aromatic N) is 4. The quantitative estimate of drug-likeness (QED) is 0.639. The zero-order valence-electron chi connectivity index (χ0n) is 16.7. The lowest BCUT2D eigenvalue weighted by Gasteiger charge is -2.35. The van der Waals surface area contributed by atoms with E-state index in [1.807, 2.05) is 64.1 Å². The van der Waals surface area contributed by atoms with E-state index in [1.165, 1.54) is 0 Å². The third-order valence-electron chi connectivity index (χ3n) is 5.49. The number of likely N-dealkylation sites (tertiary alicyclic amines) is 1. The molecule has 0 N–H and O–H groups in total. The van der Waals surface area contributed by atoms with Gasteiger partial charge in [-0.3, -0.25) is 9.36 Å². The second kappa shape index (κ2) is 8.90. The summed E-state index contributed by atoms with van der Waals surface area (Å²) in [5.41, 5.74) is 2.13. The predicted molar refractivity (Wildman–Crippen MR) is 111 cm³/mol. The van der Waals surface area contributed by atoms with Crippen LogP contribution >= 0.6 is 0 Å². The van der Waals surface area contributed by atoms with Gasteiger partial charge in [0.1, 0.15) is 12.1 Å². The van der Waals surface area contributed by atoms with Crippen LogP contribution < -0.4 is 4.74 Å². The van der Waals surface area contributed by atoms with Crippen LogP contribution in [0, 0.1) is 0 Å². The molecule has 1 aliphatic heterocycles. The lowest BCUT2D eigenvalue weighted by atomic mass is 9.99. The standard InChI is InChI=1S/C23H26N4O2/c1-29-20-11-7-8-18(16-20)13-14-22(28)26-15-6-5-12-21(26)23-25-24-17-27(23)19-9-3-2-4-10-19/h2-4,7-11,16-17,21H,5-6,12-15H2,1H3. The molecule has 1 unspecified atom stereocenters. The first-order chi connectivity index (χ1) is 14.3. The van der Waals surface area contributed by atoms with E-state index in [9.17, 15) is 4.79 Å². The monoisotopic (exact) mass is 390 g/mol. The van der Waals surface area contributed by atoms with Crippen LogP contribution in [0.5, 0.6) is 5.75 Å².